The molecule has 0 fully saturated rings. The van der Waals surface area contributed by atoms with Crippen LogP contribution in [0.1, 0.15) is 51.8 Å². The lowest BCUT2D eigenvalue weighted by Gasteiger charge is -2.56. The normalized spacial score (nSPS) is 20.8. The molecular weight excluding hydrogens is 520 g/mol. The van der Waals surface area contributed by atoms with Gasteiger partial charge in [-0.3, -0.25) is 4.72 Å². The molecule has 204 valence electrons. The summed E-state index contributed by atoms with van der Waals surface area (Å²) < 4.78 is 44.1. The maximum Gasteiger partial charge on any atom is 0.407 e. The van der Waals surface area contributed by atoms with E-state index >= 15 is 0 Å². The maximum atomic E-state index is 13.0. The summed E-state index contributed by atoms with van der Waals surface area (Å²) in [6.45, 7) is 9.20. The summed E-state index contributed by atoms with van der Waals surface area (Å²) in [5.74, 6) is 0.374. The highest BCUT2D eigenvalue weighted by molar-refractivity contribution is 7.93. The number of nitrogens with one attached hydrogen (secondary N) is 2. The summed E-state index contributed by atoms with van der Waals surface area (Å²) in [5.41, 5.74) is -2.25. The number of sulfonamides is 1. The van der Waals surface area contributed by atoms with Gasteiger partial charge in [0.1, 0.15) is 27.9 Å². The van der Waals surface area contributed by atoms with Crippen molar-refractivity contribution < 1.29 is 32.5 Å². The molecule has 2 unspecified atom stereocenters. The number of alkyl carbamates (subject to hydrolysis) is 1. The smallest absolute Gasteiger partial charge is 0.407 e. The van der Waals surface area contributed by atoms with Gasteiger partial charge in [0.15, 0.2) is 6.10 Å². The quantitative estimate of drug-likeness (QED) is 0.408. The number of carbonyl (C=O) groups excluding carboxylic acids is 1. The van der Waals surface area contributed by atoms with Crippen LogP contribution >= 0.6 is 11.6 Å². The van der Waals surface area contributed by atoms with Crippen molar-refractivity contribution in [3.8, 4) is 11.5 Å². The van der Waals surface area contributed by atoms with Gasteiger partial charge >= 0.3 is 6.09 Å². The molecule has 0 aromatic heterocycles. The molecule has 2 atom stereocenters. The molecule has 0 radical (unpaired) electrons. The molecule has 3 rings (SSSR count). The SMILES string of the molecule is COc1cc2c(cc1NS(=O)(=O)CCl)OC(C)(C)C(O)(C(C)(C)C)C2OC(=O)NCCc1ccccc1. The third-order valence-corrected chi connectivity index (χ3v) is 8.26. The molecule has 1 amide bonds. The number of methoxy groups -OCH3 is 1. The fourth-order valence-corrected chi connectivity index (χ4v) is 5.47. The molecule has 0 bridgehead atoms. The Labute approximate surface area is 223 Å². The summed E-state index contributed by atoms with van der Waals surface area (Å²) in [6.07, 6.45) is -1.28. The van der Waals surface area contributed by atoms with Crippen molar-refractivity contribution in [3.63, 3.8) is 0 Å². The summed E-state index contributed by atoms with van der Waals surface area (Å²) >= 11 is 5.56. The highest BCUT2D eigenvalue weighted by atomic mass is 35.5. The van der Waals surface area contributed by atoms with Gasteiger partial charge in [-0.2, -0.15) is 0 Å². The van der Waals surface area contributed by atoms with Crippen LogP contribution in [0, 0.1) is 5.41 Å². The molecule has 2 aromatic rings. The first-order valence-corrected chi connectivity index (χ1v) is 14.0. The van der Waals surface area contributed by atoms with E-state index < -0.39 is 44.0 Å². The van der Waals surface area contributed by atoms with Crippen LogP contribution in [-0.2, 0) is 21.2 Å². The maximum absolute atomic E-state index is 13.0. The number of anilines is 1. The molecule has 0 spiro atoms. The number of aliphatic hydroxyl groups is 1. The van der Waals surface area contributed by atoms with E-state index in [1.807, 2.05) is 51.1 Å². The minimum absolute atomic E-state index is 0.102. The number of rotatable bonds is 8. The van der Waals surface area contributed by atoms with E-state index in [1.54, 1.807) is 13.8 Å². The van der Waals surface area contributed by atoms with E-state index in [-0.39, 0.29) is 17.2 Å². The molecule has 37 heavy (non-hydrogen) atoms. The molecule has 2 aromatic carbocycles. The van der Waals surface area contributed by atoms with Gasteiger partial charge in [0, 0.05) is 18.2 Å². The Morgan fingerprint density at radius 1 is 1.19 bits per heavy atom. The van der Waals surface area contributed by atoms with E-state index in [2.05, 4.69) is 10.0 Å². The Hall–Kier alpha value is -2.69. The predicted octanol–water partition coefficient (Wildman–Crippen LogP) is 4.59. The van der Waals surface area contributed by atoms with Crippen molar-refractivity contribution in [3.05, 3.63) is 53.6 Å². The molecule has 0 saturated heterocycles. The zero-order chi connectivity index (χ0) is 27.6. The van der Waals surface area contributed by atoms with Gasteiger partial charge in [0.25, 0.3) is 0 Å². The fraction of sp³-hybridized carbons (Fsp3) is 0.500. The predicted molar refractivity (Wildman–Crippen MR) is 143 cm³/mol. The third-order valence-electron chi connectivity index (χ3n) is 6.58. The molecule has 1 aliphatic heterocycles. The Morgan fingerprint density at radius 3 is 2.41 bits per heavy atom. The van der Waals surface area contributed by atoms with Gasteiger partial charge in [-0.25, -0.2) is 13.2 Å². The molecular formula is C26H35ClN2O7S. The highest BCUT2D eigenvalue weighted by Gasteiger charge is 2.63. The number of fused-ring (bicyclic) bond motifs is 1. The largest absolute Gasteiger partial charge is 0.495 e. The van der Waals surface area contributed by atoms with Crippen LogP contribution in [0.3, 0.4) is 0 Å². The van der Waals surface area contributed by atoms with Crippen LogP contribution < -0.4 is 19.5 Å². The van der Waals surface area contributed by atoms with Crippen LogP contribution in [0.15, 0.2) is 42.5 Å². The number of amides is 1. The summed E-state index contributed by atoms with van der Waals surface area (Å²) in [6, 6.07) is 12.6. The van der Waals surface area contributed by atoms with Crippen LogP contribution in [0.25, 0.3) is 0 Å². The Balaban J connectivity index is 2.01. The third kappa shape index (κ3) is 5.91. The molecule has 1 heterocycles. The van der Waals surface area contributed by atoms with Crippen molar-refractivity contribution in [1.29, 1.82) is 0 Å². The van der Waals surface area contributed by atoms with Crippen molar-refractivity contribution in [2.45, 2.75) is 58.3 Å². The van der Waals surface area contributed by atoms with Gasteiger partial charge in [0.2, 0.25) is 10.0 Å². The monoisotopic (exact) mass is 554 g/mol. The number of benzene rings is 2. The average molecular weight is 555 g/mol. The fourth-order valence-electron chi connectivity index (χ4n) is 4.75. The molecule has 0 saturated carbocycles. The zero-order valence-corrected chi connectivity index (χ0v) is 23.5. The standard InChI is InChI=1S/C26H35ClN2O7S/c1-24(2,3)26(31)22(35-23(30)28-13-12-17-10-8-7-9-11-17)18-14-21(34-6)19(29-37(32,33)16-27)15-20(18)36-25(26,4)5/h7-11,14-15,22,29,31H,12-13,16H2,1-6H3,(H,28,30). The van der Waals surface area contributed by atoms with Crippen molar-refractivity contribution in [2.24, 2.45) is 5.41 Å². The molecule has 1 aliphatic rings. The van der Waals surface area contributed by atoms with Crippen LogP contribution in [0.2, 0.25) is 0 Å². The first kappa shape index (κ1) is 28.9. The Bertz CT molecular complexity index is 1230. The number of hydrogen-bond donors (Lipinski definition) is 3. The number of ether oxygens (including phenoxy) is 3. The molecule has 3 N–H and O–H groups in total. The van der Waals surface area contributed by atoms with Gasteiger partial charge in [0.05, 0.1) is 12.8 Å². The second kappa shape index (κ2) is 10.6. The van der Waals surface area contributed by atoms with Gasteiger partial charge in [-0.1, -0.05) is 51.1 Å². The van der Waals surface area contributed by atoms with Crippen molar-refractivity contribution >= 4 is 33.4 Å². The van der Waals surface area contributed by atoms with Crippen LogP contribution in [0.5, 0.6) is 11.5 Å². The van der Waals surface area contributed by atoms with Gasteiger partial charge in [-0.05, 0) is 37.3 Å². The van der Waals surface area contributed by atoms with Crippen molar-refractivity contribution in [2.75, 3.05) is 23.6 Å². The minimum Gasteiger partial charge on any atom is -0.495 e. The number of hydrogen-bond acceptors (Lipinski definition) is 7. The van der Waals surface area contributed by atoms with Crippen LogP contribution in [0.4, 0.5) is 10.5 Å². The number of carbonyl (C=O) groups is 1. The lowest BCUT2D eigenvalue weighted by Crippen LogP contribution is -2.67. The van der Waals surface area contributed by atoms with Crippen molar-refractivity contribution in [1.82, 2.24) is 5.32 Å². The zero-order valence-electron chi connectivity index (χ0n) is 21.9. The summed E-state index contributed by atoms with van der Waals surface area (Å²) in [7, 11) is -2.47. The van der Waals surface area contributed by atoms with E-state index in [9.17, 15) is 18.3 Å². The first-order valence-electron chi connectivity index (χ1n) is 11.8. The summed E-state index contributed by atoms with van der Waals surface area (Å²) in [4.78, 5) is 13.0. The summed E-state index contributed by atoms with van der Waals surface area (Å²) in [5, 5.41) is 14.3. The van der Waals surface area contributed by atoms with Gasteiger partial charge < -0.3 is 24.6 Å². The average Bonchev–Trinajstić information content (AvgIpc) is 2.81. The molecule has 11 heteroatoms. The minimum atomic E-state index is -3.84. The highest BCUT2D eigenvalue weighted by Crippen LogP contribution is 2.57. The number of halogens is 1. The van der Waals surface area contributed by atoms with Gasteiger partial charge in [-0.15, -0.1) is 11.6 Å². The molecule has 0 aliphatic carbocycles. The first-order chi connectivity index (χ1) is 17.1. The van der Waals surface area contributed by atoms with E-state index in [4.69, 9.17) is 25.8 Å². The molecule has 9 nitrogen and oxygen atoms in total. The topological polar surface area (TPSA) is 123 Å². The van der Waals surface area contributed by atoms with Crippen LogP contribution in [-0.4, -0.2) is 49.7 Å². The Morgan fingerprint density at radius 2 is 1.84 bits per heavy atom. The lowest BCUT2D eigenvalue weighted by molar-refractivity contribution is -0.241. The van der Waals surface area contributed by atoms with E-state index in [0.29, 0.717) is 18.5 Å². The van der Waals surface area contributed by atoms with E-state index in [1.165, 1.54) is 19.2 Å². The van der Waals surface area contributed by atoms with E-state index in [0.717, 1.165) is 5.56 Å². The second-order valence-electron chi connectivity index (χ2n) is 10.5. The second-order valence-corrected chi connectivity index (χ2v) is 12.8. The Kier molecular flexibility index (Phi) is 8.26. The lowest BCUT2D eigenvalue weighted by atomic mass is 9.62. The number of alkyl halides is 1.